The van der Waals surface area contributed by atoms with Gasteiger partial charge in [0.1, 0.15) is 5.75 Å². The number of ether oxygens (including phenoxy) is 1. The molecule has 1 aromatic carbocycles. The summed E-state index contributed by atoms with van der Waals surface area (Å²) in [5.74, 6) is 2.33. The summed E-state index contributed by atoms with van der Waals surface area (Å²) in [6.07, 6.45) is 2.43. The quantitative estimate of drug-likeness (QED) is 0.843. The SMILES string of the molecule is CC[C@H](C)c1ccc(OC[C@H]2CCNC2)cc1. The molecule has 1 N–H and O–H groups in total. The Kier molecular flexibility index (Phi) is 4.43. The summed E-state index contributed by atoms with van der Waals surface area (Å²) in [6, 6.07) is 8.58. The largest absolute Gasteiger partial charge is 0.493 e. The molecule has 0 radical (unpaired) electrons. The monoisotopic (exact) mass is 233 g/mol. The van der Waals surface area contributed by atoms with Gasteiger partial charge >= 0.3 is 0 Å². The molecule has 0 aromatic heterocycles. The van der Waals surface area contributed by atoms with Crippen LogP contribution >= 0.6 is 0 Å². The van der Waals surface area contributed by atoms with Gasteiger partial charge in [0.15, 0.2) is 0 Å². The van der Waals surface area contributed by atoms with E-state index in [1.807, 2.05) is 0 Å². The lowest BCUT2D eigenvalue weighted by Crippen LogP contribution is -2.15. The Bertz CT molecular complexity index is 327. The van der Waals surface area contributed by atoms with Crippen LogP contribution < -0.4 is 10.1 Å². The third-order valence-corrected chi connectivity index (χ3v) is 3.71. The van der Waals surface area contributed by atoms with Crippen LogP contribution in [0.15, 0.2) is 24.3 Å². The Labute approximate surface area is 104 Å². The third kappa shape index (κ3) is 3.47. The molecular formula is C15H23NO. The Balaban J connectivity index is 1.84. The van der Waals surface area contributed by atoms with E-state index >= 15 is 0 Å². The van der Waals surface area contributed by atoms with Crippen LogP contribution in [0.1, 0.15) is 38.2 Å². The molecule has 0 spiro atoms. The van der Waals surface area contributed by atoms with Crippen molar-refractivity contribution in [2.75, 3.05) is 19.7 Å². The lowest BCUT2D eigenvalue weighted by Gasteiger charge is -2.13. The minimum atomic E-state index is 0.642. The number of nitrogens with one attached hydrogen (secondary N) is 1. The van der Waals surface area contributed by atoms with Gasteiger partial charge in [0, 0.05) is 12.5 Å². The Morgan fingerprint density at radius 3 is 2.71 bits per heavy atom. The second-order valence-corrected chi connectivity index (χ2v) is 5.05. The van der Waals surface area contributed by atoms with Crippen molar-refractivity contribution in [1.82, 2.24) is 5.32 Å². The molecule has 1 aliphatic rings. The topological polar surface area (TPSA) is 21.3 Å². The molecule has 2 heteroatoms. The van der Waals surface area contributed by atoms with E-state index in [0.29, 0.717) is 11.8 Å². The lowest BCUT2D eigenvalue weighted by atomic mass is 9.99. The first-order valence-electron chi connectivity index (χ1n) is 6.73. The van der Waals surface area contributed by atoms with E-state index in [0.717, 1.165) is 25.4 Å². The molecule has 0 unspecified atom stereocenters. The van der Waals surface area contributed by atoms with Gasteiger partial charge in [-0.05, 0) is 43.0 Å². The predicted molar refractivity (Wildman–Crippen MR) is 71.6 cm³/mol. The van der Waals surface area contributed by atoms with Gasteiger partial charge in [0.2, 0.25) is 0 Å². The van der Waals surface area contributed by atoms with Crippen molar-refractivity contribution < 1.29 is 4.74 Å². The van der Waals surface area contributed by atoms with Gasteiger partial charge < -0.3 is 10.1 Å². The normalized spacial score (nSPS) is 21.4. The molecule has 0 aliphatic carbocycles. The highest BCUT2D eigenvalue weighted by molar-refractivity contribution is 5.29. The van der Waals surface area contributed by atoms with E-state index in [2.05, 4.69) is 43.4 Å². The van der Waals surface area contributed by atoms with Crippen molar-refractivity contribution in [3.63, 3.8) is 0 Å². The summed E-state index contributed by atoms with van der Waals surface area (Å²) in [7, 11) is 0. The zero-order chi connectivity index (χ0) is 12.1. The molecule has 0 saturated carbocycles. The van der Waals surface area contributed by atoms with Crippen LogP contribution in [-0.2, 0) is 0 Å². The van der Waals surface area contributed by atoms with Gasteiger partial charge in [0.05, 0.1) is 6.61 Å². The standard InChI is InChI=1S/C15H23NO/c1-3-12(2)14-4-6-15(7-5-14)17-11-13-8-9-16-10-13/h4-7,12-13,16H,3,8-11H2,1-2H3/t12-,13-/m0/s1. The first-order chi connectivity index (χ1) is 8.29. The van der Waals surface area contributed by atoms with Crippen molar-refractivity contribution in [1.29, 1.82) is 0 Å². The van der Waals surface area contributed by atoms with Crippen molar-refractivity contribution in [2.45, 2.75) is 32.6 Å². The molecule has 1 fully saturated rings. The summed E-state index contributed by atoms with van der Waals surface area (Å²) in [5, 5.41) is 3.36. The predicted octanol–water partition coefficient (Wildman–Crippen LogP) is 3.19. The van der Waals surface area contributed by atoms with Crippen LogP contribution in [0.25, 0.3) is 0 Å². The number of rotatable bonds is 5. The van der Waals surface area contributed by atoms with Crippen molar-refractivity contribution >= 4 is 0 Å². The highest BCUT2D eigenvalue weighted by Gasteiger charge is 2.14. The Morgan fingerprint density at radius 2 is 2.12 bits per heavy atom. The Hall–Kier alpha value is -1.02. The van der Waals surface area contributed by atoms with Crippen LogP contribution in [-0.4, -0.2) is 19.7 Å². The van der Waals surface area contributed by atoms with Crippen molar-refractivity contribution in [3.05, 3.63) is 29.8 Å². The average Bonchev–Trinajstić information content (AvgIpc) is 2.89. The van der Waals surface area contributed by atoms with Crippen molar-refractivity contribution in [2.24, 2.45) is 5.92 Å². The second kappa shape index (κ2) is 6.06. The van der Waals surface area contributed by atoms with E-state index in [4.69, 9.17) is 4.74 Å². The third-order valence-electron chi connectivity index (χ3n) is 3.71. The summed E-state index contributed by atoms with van der Waals surface area (Å²) >= 11 is 0. The zero-order valence-corrected chi connectivity index (χ0v) is 10.9. The maximum atomic E-state index is 5.82. The highest BCUT2D eigenvalue weighted by atomic mass is 16.5. The maximum Gasteiger partial charge on any atom is 0.119 e. The second-order valence-electron chi connectivity index (χ2n) is 5.05. The van der Waals surface area contributed by atoms with Gasteiger partial charge in [-0.25, -0.2) is 0 Å². The van der Waals surface area contributed by atoms with Gasteiger partial charge in [0.25, 0.3) is 0 Å². The molecule has 2 nitrogen and oxygen atoms in total. The van der Waals surface area contributed by atoms with Crippen LogP contribution in [0.3, 0.4) is 0 Å². The van der Waals surface area contributed by atoms with Gasteiger partial charge in [-0.3, -0.25) is 0 Å². The van der Waals surface area contributed by atoms with Crippen molar-refractivity contribution in [3.8, 4) is 5.75 Å². The van der Waals surface area contributed by atoms with Crippen LogP contribution in [0.5, 0.6) is 5.75 Å². The first-order valence-corrected chi connectivity index (χ1v) is 6.73. The van der Waals surface area contributed by atoms with Crippen LogP contribution in [0.2, 0.25) is 0 Å². The average molecular weight is 233 g/mol. The zero-order valence-electron chi connectivity index (χ0n) is 10.9. The van der Waals surface area contributed by atoms with Crippen LogP contribution in [0, 0.1) is 5.92 Å². The number of hydrogen-bond donors (Lipinski definition) is 1. The summed E-state index contributed by atoms with van der Waals surface area (Å²) in [4.78, 5) is 0. The lowest BCUT2D eigenvalue weighted by molar-refractivity contribution is 0.260. The fourth-order valence-electron chi connectivity index (χ4n) is 2.20. The van der Waals surface area contributed by atoms with E-state index in [1.54, 1.807) is 0 Å². The fourth-order valence-corrected chi connectivity index (χ4v) is 2.20. The van der Waals surface area contributed by atoms with Gasteiger partial charge in [-0.2, -0.15) is 0 Å². The minimum Gasteiger partial charge on any atom is -0.493 e. The van der Waals surface area contributed by atoms with Gasteiger partial charge in [-0.15, -0.1) is 0 Å². The molecule has 0 bridgehead atoms. The number of benzene rings is 1. The smallest absolute Gasteiger partial charge is 0.119 e. The summed E-state index contributed by atoms with van der Waals surface area (Å²) in [5.41, 5.74) is 1.40. The molecule has 17 heavy (non-hydrogen) atoms. The van der Waals surface area contributed by atoms with Crippen LogP contribution in [0.4, 0.5) is 0 Å². The van der Waals surface area contributed by atoms with E-state index in [-0.39, 0.29) is 0 Å². The summed E-state index contributed by atoms with van der Waals surface area (Å²) in [6.45, 7) is 7.57. The molecular weight excluding hydrogens is 210 g/mol. The molecule has 2 atom stereocenters. The van der Waals surface area contributed by atoms with E-state index in [9.17, 15) is 0 Å². The summed E-state index contributed by atoms with van der Waals surface area (Å²) < 4.78 is 5.82. The molecule has 2 rings (SSSR count). The van der Waals surface area contributed by atoms with E-state index < -0.39 is 0 Å². The van der Waals surface area contributed by atoms with E-state index in [1.165, 1.54) is 18.4 Å². The molecule has 1 saturated heterocycles. The molecule has 94 valence electrons. The molecule has 1 heterocycles. The fraction of sp³-hybridized carbons (Fsp3) is 0.600. The molecule has 1 aromatic rings. The first kappa shape index (κ1) is 12.4. The minimum absolute atomic E-state index is 0.642. The molecule has 1 aliphatic heterocycles. The maximum absolute atomic E-state index is 5.82. The van der Waals surface area contributed by atoms with Gasteiger partial charge in [-0.1, -0.05) is 26.0 Å². The molecule has 0 amide bonds. The number of hydrogen-bond acceptors (Lipinski definition) is 2. The highest BCUT2D eigenvalue weighted by Crippen LogP contribution is 2.22. The Morgan fingerprint density at radius 1 is 1.35 bits per heavy atom.